The van der Waals surface area contributed by atoms with Crippen LogP contribution in [-0.4, -0.2) is 42.3 Å². The minimum absolute atomic E-state index is 0.299. The molecule has 0 radical (unpaired) electrons. The van der Waals surface area contributed by atoms with Gasteiger partial charge in [0.2, 0.25) is 0 Å². The molecule has 0 aromatic rings. The topological polar surface area (TPSA) is 58.6 Å². The van der Waals surface area contributed by atoms with E-state index in [-0.39, 0.29) is 6.54 Å². The van der Waals surface area contributed by atoms with E-state index in [9.17, 15) is 13.6 Å². The predicted octanol–water partition coefficient (Wildman–Crippen LogP) is 0.545. The first-order valence-electron chi connectivity index (χ1n) is 4.57. The number of nitrogens with one attached hydrogen (secondary N) is 1. The summed E-state index contributed by atoms with van der Waals surface area (Å²) in [6.45, 7) is 2.78. The maximum absolute atomic E-state index is 12.5. The van der Waals surface area contributed by atoms with Crippen molar-refractivity contribution < 1.29 is 23.4 Å². The van der Waals surface area contributed by atoms with Gasteiger partial charge in [-0.3, -0.25) is 4.79 Å². The van der Waals surface area contributed by atoms with Crippen molar-refractivity contribution in [3.05, 3.63) is 0 Å². The van der Waals surface area contributed by atoms with E-state index in [0.717, 1.165) is 0 Å². The van der Waals surface area contributed by atoms with Crippen molar-refractivity contribution >= 4 is 5.97 Å². The summed E-state index contributed by atoms with van der Waals surface area (Å²) in [5.41, 5.74) is -0.627. The summed E-state index contributed by atoms with van der Waals surface area (Å²) in [6.07, 6.45) is 0. The van der Waals surface area contributed by atoms with Gasteiger partial charge in [-0.1, -0.05) is 0 Å². The van der Waals surface area contributed by atoms with Crippen molar-refractivity contribution in [2.24, 2.45) is 0 Å². The van der Waals surface area contributed by atoms with Crippen LogP contribution in [0, 0.1) is 0 Å². The minimum atomic E-state index is -3.21. The van der Waals surface area contributed by atoms with Gasteiger partial charge in [0.1, 0.15) is 12.2 Å². The van der Waals surface area contributed by atoms with Crippen LogP contribution >= 0.6 is 0 Å². The first kappa shape index (κ1) is 14.2. The minimum Gasteiger partial charge on any atom is -0.459 e. The second-order valence-electron chi connectivity index (χ2n) is 4.20. The second kappa shape index (κ2) is 5.37. The van der Waals surface area contributed by atoms with Crippen molar-refractivity contribution in [3.8, 4) is 0 Å². The van der Waals surface area contributed by atoms with Gasteiger partial charge in [0.25, 0.3) is 5.92 Å². The lowest BCUT2D eigenvalue weighted by atomic mass is 10.2. The van der Waals surface area contributed by atoms with E-state index in [1.54, 1.807) is 20.8 Å². The molecule has 6 heteroatoms. The zero-order valence-corrected chi connectivity index (χ0v) is 9.14. The largest absolute Gasteiger partial charge is 0.459 e. The van der Waals surface area contributed by atoms with Crippen molar-refractivity contribution in [1.82, 2.24) is 5.32 Å². The number of aliphatic hydroxyl groups excluding tert-OH is 1. The number of alkyl halides is 2. The van der Waals surface area contributed by atoms with E-state index in [4.69, 9.17) is 9.84 Å². The second-order valence-corrected chi connectivity index (χ2v) is 4.20. The molecule has 0 amide bonds. The molecule has 2 N–H and O–H groups in total. The van der Waals surface area contributed by atoms with Gasteiger partial charge in [0.15, 0.2) is 0 Å². The maximum atomic E-state index is 12.5. The Labute approximate surface area is 87.6 Å². The number of ether oxygens (including phenoxy) is 1. The van der Waals surface area contributed by atoms with Crippen LogP contribution < -0.4 is 5.32 Å². The maximum Gasteiger partial charge on any atom is 0.320 e. The van der Waals surface area contributed by atoms with Crippen LogP contribution in [0.1, 0.15) is 20.8 Å². The Balaban J connectivity index is 3.74. The monoisotopic (exact) mass is 225 g/mol. The molecule has 0 aromatic heterocycles. The Hall–Kier alpha value is -0.750. The molecule has 0 unspecified atom stereocenters. The zero-order chi connectivity index (χ0) is 12.1. The number of carbonyl (C=O) groups excluding carboxylic acids is 1. The van der Waals surface area contributed by atoms with E-state index in [1.165, 1.54) is 0 Å². The standard InChI is InChI=1S/C9H17F2NO3/c1-8(2,3)15-7(14)4-12-5-9(10,11)6-13/h12-13H,4-6H2,1-3H3. The fraction of sp³-hybridized carbons (Fsp3) is 0.889. The van der Waals surface area contributed by atoms with Crippen LogP contribution in [0.3, 0.4) is 0 Å². The molecular weight excluding hydrogens is 208 g/mol. The average molecular weight is 225 g/mol. The third-order valence-corrected chi connectivity index (χ3v) is 1.30. The van der Waals surface area contributed by atoms with E-state index in [2.05, 4.69) is 5.32 Å². The molecule has 0 aliphatic rings. The highest BCUT2D eigenvalue weighted by molar-refractivity contribution is 5.72. The Morgan fingerprint density at radius 1 is 1.40 bits per heavy atom. The van der Waals surface area contributed by atoms with Gasteiger partial charge in [-0.2, -0.15) is 0 Å². The molecule has 0 aromatic carbocycles. The van der Waals surface area contributed by atoms with Crippen molar-refractivity contribution in [3.63, 3.8) is 0 Å². The third-order valence-electron chi connectivity index (χ3n) is 1.30. The molecule has 0 fully saturated rings. The Bertz CT molecular complexity index is 214. The van der Waals surface area contributed by atoms with Crippen molar-refractivity contribution in [1.29, 1.82) is 0 Å². The lowest BCUT2D eigenvalue weighted by Crippen LogP contribution is -2.39. The normalized spacial score (nSPS) is 12.7. The van der Waals surface area contributed by atoms with Crippen molar-refractivity contribution in [2.75, 3.05) is 19.7 Å². The molecule has 90 valence electrons. The molecule has 0 heterocycles. The fourth-order valence-corrected chi connectivity index (χ4v) is 0.781. The molecule has 0 bridgehead atoms. The lowest BCUT2D eigenvalue weighted by molar-refractivity contribution is -0.153. The first-order chi connectivity index (χ1) is 6.66. The summed E-state index contributed by atoms with van der Waals surface area (Å²) >= 11 is 0. The predicted molar refractivity (Wildman–Crippen MR) is 50.7 cm³/mol. The highest BCUT2D eigenvalue weighted by atomic mass is 19.3. The summed E-state index contributed by atoms with van der Waals surface area (Å²) in [7, 11) is 0. The fourth-order valence-electron chi connectivity index (χ4n) is 0.781. The lowest BCUT2D eigenvalue weighted by Gasteiger charge is -2.20. The molecule has 0 spiro atoms. The third kappa shape index (κ3) is 8.26. The molecule has 15 heavy (non-hydrogen) atoms. The summed E-state index contributed by atoms with van der Waals surface area (Å²) in [6, 6.07) is 0. The van der Waals surface area contributed by atoms with Crippen LogP contribution in [0.5, 0.6) is 0 Å². The Morgan fingerprint density at radius 3 is 2.33 bits per heavy atom. The number of carbonyl (C=O) groups is 1. The van der Waals surface area contributed by atoms with Gasteiger partial charge in [0.05, 0.1) is 13.1 Å². The summed E-state index contributed by atoms with van der Waals surface area (Å²) in [5, 5.41) is 10.5. The Kier molecular flexibility index (Phi) is 5.10. The number of aliphatic hydroxyl groups is 1. The van der Waals surface area contributed by atoms with E-state index in [0.29, 0.717) is 0 Å². The van der Waals surface area contributed by atoms with Crippen LogP contribution in [-0.2, 0) is 9.53 Å². The SMILES string of the molecule is CC(C)(C)OC(=O)CNCC(F)(F)CO. The molecule has 4 nitrogen and oxygen atoms in total. The van der Waals surface area contributed by atoms with E-state index in [1.807, 2.05) is 0 Å². The molecule has 0 aliphatic heterocycles. The van der Waals surface area contributed by atoms with Crippen molar-refractivity contribution in [2.45, 2.75) is 32.3 Å². The summed E-state index contributed by atoms with van der Waals surface area (Å²) < 4.78 is 29.8. The van der Waals surface area contributed by atoms with Gasteiger partial charge in [-0.25, -0.2) is 8.78 Å². The number of halogens is 2. The quantitative estimate of drug-likeness (QED) is 0.671. The zero-order valence-electron chi connectivity index (χ0n) is 9.14. The number of esters is 1. The van der Waals surface area contributed by atoms with Crippen LogP contribution in [0.2, 0.25) is 0 Å². The molecule has 0 aliphatic carbocycles. The van der Waals surface area contributed by atoms with Crippen LogP contribution in [0.25, 0.3) is 0 Å². The van der Waals surface area contributed by atoms with Crippen LogP contribution in [0.4, 0.5) is 8.78 Å². The summed E-state index contributed by atoms with van der Waals surface area (Å²) in [5.74, 6) is -3.81. The van der Waals surface area contributed by atoms with Gasteiger partial charge in [-0.15, -0.1) is 0 Å². The Morgan fingerprint density at radius 2 is 1.93 bits per heavy atom. The smallest absolute Gasteiger partial charge is 0.320 e. The van der Waals surface area contributed by atoms with Gasteiger partial charge in [0, 0.05) is 0 Å². The highest BCUT2D eigenvalue weighted by Crippen LogP contribution is 2.10. The molecular formula is C9H17F2NO3. The number of hydrogen-bond acceptors (Lipinski definition) is 4. The van der Waals surface area contributed by atoms with E-state index < -0.39 is 30.6 Å². The molecule has 0 saturated carbocycles. The molecule has 0 atom stereocenters. The highest BCUT2D eigenvalue weighted by Gasteiger charge is 2.27. The molecule has 0 rings (SSSR count). The van der Waals surface area contributed by atoms with Gasteiger partial charge >= 0.3 is 5.97 Å². The summed E-state index contributed by atoms with van der Waals surface area (Å²) in [4.78, 5) is 11.0. The van der Waals surface area contributed by atoms with E-state index >= 15 is 0 Å². The number of hydrogen-bond donors (Lipinski definition) is 2. The first-order valence-corrected chi connectivity index (χ1v) is 4.57. The van der Waals surface area contributed by atoms with Gasteiger partial charge in [-0.05, 0) is 20.8 Å². The number of rotatable bonds is 5. The van der Waals surface area contributed by atoms with Crippen LogP contribution in [0.15, 0.2) is 0 Å². The molecule has 0 saturated heterocycles. The van der Waals surface area contributed by atoms with Gasteiger partial charge < -0.3 is 15.2 Å². The average Bonchev–Trinajstić information content (AvgIpc) is 2.00.